The third-order valence-corrected chi connectivity index (χ3v) is 2.21. The smallest absolute Gasteiger partial charge is 0.0537 e. The normalized spacial score (nSPS) is 13.2. The molecule has 13 heavy (non-hydrogen) atoms. The van der Waals surface area contributed by atoms with Crippen molar-refractivity contribution in [3.05, 3.63) is 18.0 Å². The molecule has 0 saturated carbocycles. The molecule has 0 aromatic carbocycles. The third kappa shape index (κ3) is 3.19. The van der Waals surface area contributed by atoms with Crippen molar-refractivity contribution in [1.29, 1.82) is 0 Å². The van der Waals surface area contributed by atoms with Gasteiger partial charge in [0.15, 0.2) is 0 Å². The van der Waals surface area contributed by atoms with Crippen molar-refractivity contribution in [1.82, 2.24) is 15.1 Å². The van der Waals surface area contributed by atoms with Crippen molar-refractivity contribution in [2.24, 2.45) is 7.05 Å². The van der Waals surface area contributed by atoms with Crippen molar-refractivity contribution in [2.75, 3.05) is 6.54 Å². The molecule has 0 saturated heterocycles. The molecule has 0 bridgehead atoms. The van der Waals surface area contributed by atoms with Gasteiger partial charge >= 0.3 is 0 Å². The fraction of sp³-hybridized carbons (Fsp3) is 0.700. The first-order valence-corrected chi connectivity index (χ1v) is 4.96. The van der Waals surface area contributed by atoms with Crippen LogP contribution >= 0.6 is 0 Å². The van der Waals surface area contributed by atoms with E-state index in [9.17, 15) is 0 Å². The standard InChI is InChI=1S/C10H19N3/c1-4-5-6-11-9(2)10-7-12-13(3)8-10/h7-9,11H,4-6H2,1-3H3/t9-/m0/s1. The number of unbranched alkanes of at least 4 members (excludes halogenated alkanes) is 1. The predicted octanol–water partition coefficient (Wildman–Crippen LogP) is 1.87. The zero-order valence-electron chi connectivity index (χ0n) is 8.75. The lowest BCUT2D eigenvalue weighted by molar-refractivity contribution is 0.554. The quantitative estimate of drug-likeness (QED) is 0.703. The highest BCUT2D eigenvalue weighted by molar-refractivity contribution is 5.08. The first kappa shape index (κ1) is 10.3. The van der Waals surface area contributed by atoms with Crippen LogP contribution in [0.25, 0.3) is 0 Å². The van der Waals surface area contributed by atoms with Crippen molar-refractivity contribution in [2.45, 2.75) is 32.7 Å². The Morgan fingerprint density at radius 2 is 2.38 bits per heavy atom. The Kier molecular flexibility index (Phi) is 3.96. The van der Waals surface area contributed by atoms with Crippen LogP contribution in [0.4, 0.5) is 0 Å². The maximum Gasteiger partial charge on any atom is 0.0537 e. The summed E-state index contributed by atoms with van der Waals surface area (Å²) >= 11 is 0. The minimum Gasteiger partial charge on any atom is -0.310 e. The zero-order valence-corrected chi connectivity index (χ0v) is 8.75. The van der Waals surface area contributed by atoms with Gasteiger partial charge in [-0.05, 0) is 19.9 Å². The van der Waals surface area contributed by atoms with E-state index in [1.54, 1.807) is 0 Å². The number of nitrogens with one attached hydrogen (secondary N) is 1. The molecular formula is C10H19N3. The summed E-state index contributed by atoms with van der Waals surface area (Å²) in [5, 5.41) is 7.60. The average Bonchev–Trinajstić information content (AvgIpc) is 2.52. The van der Waals surface area contributed by atoms with E-state index in [1.807, 2.05) is 17.9 Å². The fourth-order valence-electron chi connectivity index (χ4n) is 1.28. The topological polar surface area (TPSA) is 29.9 Å². The van der Waals surface area contributed by atoms with Crippen LogP contribution in [0.1, 0.15) is 38.3 Å². The number of rotatable bonds is 5. The summed E-state index contributed by atoms with van der Waals surface area (Å²) in [4.78, 5) is 0. The van der Waals surface area contributed by atoms with Gasteiger partial charge < -0.3 is 5.32 Å². The minimum absolute atomic E-state index is 0.417. The Labute approximate surface area is 80.1 Å². The maximum absolute atomic E-state index is 4.14. The Morgan fingerprint density at radius 3 is 2.92 bits per heavy atom. The van der Waals surface area contributed by atoms with Gasteiger partial charge in [-0.25, -0.2) is 0 Å². The van der Waals surface area contributed by atoms with Gasteiger partial charge in [-0.2, -0.15) is 5.10 Å². The van der Waals surface area contributed by atoms with Gasteiger partial charge in [-0.15, -0.1) is 0 Å². The third-order valence-electron chi connectivity index (χ3n) is 2.21. The van der Waals surface area contributed by atoms with Gasteiger partial charge in [-0.1, -0.05) is 13.3 Å². The first-order valence-electron chi connectivity index (χ1n) is 4.96. The first-order chi connectivity index (χ1) is 6.24. The summed E-state index contributed by atoms with van der Waals surface area (Å²) in [6, 6.07) is 0.417. The van der Waals surface area contributed by atoms with E-state index >= 15 is 0 Å². The van der Waals surface area contributed by atoms with Crippen LogP contribution in [0.2, 0.25) is 0 Å². The van der Waals surface area contributed by atoms with Crippen LogP contribution < -0.4 is 5.32 Å². The van der Waals surface area contributed by atoms with E-state index in [1.165, 1.54) is 18.4 Å². The van der Waals surface area contributed by atoms with Crippen LogP contribution in [0, 0.1) is 0 Å². The molecule has 3 heteroatoms. The molecule has 0 aliphatic heterocycles. The van der Waals surface area contributed by atoms with Crippen LogP contribution in [-0.4, -0.2) is 16.3 Å². The molecule has 1 aromatic heterocycles. The van der Waals surface area contributed by atoms with Crippen LogP contribution in [0.15, 0.2) is 12.4 Å². The van der Waals surface area contributed by atoms with E-state index < -0.39 is 0 Å². The van der Waals surface area contributed by atoms with Crippen molar-refractivity contribution in [3.8, 4) is 0 Å². The maximum atomic E-state index is 4.14. The summed E-state index contributed by atoms with van der Waals surface area (Å²) in [7, 11) is 1.95. The number of hydrogen-bond acceptors (Lipinski definition) is 2. The van der Waals surface area contributed by atoms with Crippen molar-refractivity contribution >= 4 is 0 Å². The Morgan fingerprint density at radius 1 is 1.62 bits per heavy atom. The fourth-order valence-corrected chi connectivity index (χ4v) is 1.28. The molecule has 0 aliphatic rings. The van der Waals surface area contributed by atoms with E-state index in [0.29, 0.717) is 6.04 Å². The highest BCUT2D eigenvalue weighted by Crippen LogP contribution is 2.09. The molecule has 1 heterocycles. The van der Waals surface area contributed by atoms with E-state index in [0.717, 1.165) is 6.54 Å². The van der Waals surface area contributed by atoms with Crippen LogP contribution in [-0.2, 0) is 7.05 Å². The number of aromatic nitrogens is 2. The van der Waals surface area contributed by atoms with Crippen molar-refractivity contribution in [3.63, 3.8) is 0 Å². The molecule has 0 amide bonds. The highest BCUT2D eigenvalue weighted by Gasteiger charge is 2.05. The molecule has 0 unspecified atom stereocenters. The van der Waals surface area contributed by atoms with Gasteiger partial charge in [0, 0.05) is 24.8 Å². The lowest BCUT2D eigenvalue weighted by Gasteiger charge is -2.10. The molecular weight excluding hydrogens is 162 g/mol. The van der Waals surface area contributed by atoms with Gasteiger partial charge in [0.2, 0.25) is 0 Å². The molecule has 74 valence electrons. The summed E-state index contributed by atoms with van der Waals surface area (Å²) in [6.45, 7) is 5.47. The largest absolute Gasteiger partial charge is 0.310 e. The highest BCUT2D eigenvalue weighted by atomic mass is 15.2. The monoisotopic (exact) mass is 181 g/mol. The summed E-state index contributed by atoms with van der Waals surface area (Å²) < 4.78 is 1.84. The van der Waals surface area contributed by atoms with Crippen LogP contribution in [0.5, 0.6) is 0 Å². The second-order valence-electron chi connectivity index (χ2n) is 3.48. The molecule has 0 radical (unpaired) electrons. The SMILES string of the molecule is CCCCN[C@@H](C)c1cnn(C)c1. The zero-order chi connectivity index (χ0) is 9.68. The van der Waals surface area contributed by atoms with Gasteiger partial charge in [0.05, 0.1) is 6.20 Å². The van der Waals surface area contributed by atoms with E-state index in [-0.39, 0.29) is 0 Å². The lowest BCUT2D eigenvalue weighted by Crippen LogP contribution is -2.19. The molecule has 0 aliphatic carbocycles. The second kappa shape index (κ2) is 5.02. The predicted molar refractivity (Wildman–Crippen MR) is 54.5 cm³/mol. The van der Waals surface area contributed by atoms with Gasteiger partial charge in [0.1, 0.15) is 0 Å². The molecule has 1 N–H and O–H groups in total. The number of aryl methyl sites for hydroxylation is 1. The molecule has 0 fully saturated rings. The number of nitrogens with zero attached hydrogens (tertiary/aromatic N) is 2. The second-order valence-corrected chi connectivity index (χ2v) is 3.48. The van der Waals surface area contributed by atoms with Gasteiger partial charge in [-0.3, -0.25) is 4.68 Å². The van der Waals surface area contributed by atoms with E-state index in [2.05, 4.69) is 30.5 Å². The Bertz CT molecular complexity index is 242. The van der Waals surface area contributed by atoms with Gasteiger partial charge in [0.25, 0.3) is 0 Å². The number of hydrogen-bond donors (Lipinski definition) is 1. The molecule has 0 spiro atoms. The van der Waals surface area contributed by atoms with Crippen LogP contribution in [0.3, 0.4) is 0 Å². The van der Waals surface area contributed by atoms with Crippen molar-refractivity contribution < 1.29 is 0 Å². The lowest BCUT2D eigenvalue weighted by atomic mass is 10.2. The summed E-state index contributed by atoms with van der Waals surface area (Å²) in [6.07, 6.45) is 6.46. The van der Waals surface area contributed by atoms with E-state index in [4.69, 9.17) is 0 Å². The summed E-state index contributed by atoms with van der Waals surface area (Å²) in [5.41, 5.74) is 1.26. The molecule has 1 atom stereocenters. The summed E-state index contributed by atoms with van der Waals surface area (Å²) in [5.74, 6) is 0. The average molecular weight is 181 g/mol. The molecule has 1 aromatic rings. The Balaban J connectivity index is 2.35. The molecule has 3 nitrogen and oxygen atoms in total. The molecule has 1 rings (SSSR count). The minimum atomic E-state index is 0.417. The Hall–Kier alpha value is -0.830.